The summed E-state index contributed by atoms with van der Waals surface area (Å²) >= 11 is 0. The number of hydrazone groups is 1. The monoisotopic (exact) mass is 303 g/mol. The van der Waals surface area contributed by atoms with Crippen molar-refractivity contribution < 1.29 is 4.79 Å². The highest BCUT2D eigenvalue weighted by Gasteiger charge is 2.25. The van der Waals surface area contributed by atoms with Gasteiger partial charge in [0.2, 0.25) is 0 Å². The van der Waals surface area contributed by atoms with Crippen molar-refractivity contribution >= 4 is 34.9 Å². The molecule has 3 aromatic rings. The number of aromatic nitrogens is 3. The number of carbonyl (C=O) groups is 1. The number of hydrogen-bond acceptors (Lipinski definition) is 4. The van der Waals surface area contributed by atoms with Gasteiger partial charge in [-0.3, -0.25) is 9.78 Å². The molecule has 0 spiro atoms. The predicted octanol–water partition coefficient (Wildman–Crippen LogP) is 2.38. The van der Waals surface area contributed by atoms with Crippen molar-refractivity contribution in [2.24, 2.45) is 12.1 Å². The number of benzene rings is 1. The van der Waals surface area contributed by atoms with E-state index >= 15 is 0 Å². The van der Waals surface area contributed by atoms with Gasteiger partial charge in [-0.15, -0.1) is 0 Å². The van der Waals surface area contributed by atoms with E-state index in [2.05, 4.69) is 15.1 Å². The quantitative estimate of drug-likeness (QED) is 0.683. The van der Waals surface area contributed by atoms with Gasteiger partial charge >= 0.3 is 0 Å². The zero-order valence-corrected chi connectivity index (χ0v) is 12.4. The molecule has 3 heterocycles. The topological polar surface area (TPSA) is 63.4 Å². The maximum Gasteiger partial charge on any atom is 0.281 e. The summed E-state index contributed by atoms with van der Waals surface area (Å²) in [6.07, 6.45) is 10.0. The summed E-state index contributed by atoms with van der Waals surface area (Å²) in [4.78, 5) is 20.6. The second-order valence-electron chi connectivity index (χ2n) is 5.24. The third-order valence-corrected chi connectivity index (χ3v) is 3.76. The minimum absolute atomic E-state index is 0.210. The summed E-state index contributed by atoms with van der Waals surface area (Å²) in [6, 6.07) is 8.07. The van der Waals surface area contributed by atoms with E-state index in [-0.39, 0.29) is 5.91 Å². The van der Waals surface area contributed by atoms with E-state index < -0.39 is 0 Å². The zero-order chi connectivity index (χ0) is 15.8. The second kappa shape index (κ2) is 5.17. The summed E-state index contributed by atoms with van der Waals surface area (Å²) in [5.74, 6) is 0.202. The Hall–Kier alpha value is -3.28. The Kier molecular flexibility index (Phi) is 3.01. The van der Waals surface area contributed by atoms with Crippen LogP contribution in [0.3, 0.4) is 0 Å². The summed E-state index contributed by atoms with van der Waals surface area (Å²) in [5.41, 5.74) is 2.62. The normalized spacial score (nSPS) is 16.0. The summed E-state index contributed by atoms with van der Waals surface area (Å²) in [5, 5.41) is 6.49. The maximum atomic E-state index is 12.5. The molecule has 0 saturated heterocycles. The molecule has 0 fully saturated rings. The highest BCUT2D eigenvalue weighted by atomic mass is 16.2. The first kappa shape index (κ1) is 13.4. The van der Waals surface area contributed by atoms with Gasteiger partial charge < -0.3 is 4.57 Å². The number of fused-ring (bicyclic) bond motifs is 1. The molecule has 6 nitrogen and oxygen atoms in total. The predicted molar refractivity (Wildman–Crippen MR) is 88.9 cm³/mol. The van der Waals surface area contributed by atoms with Crippen molar-refractivity contribution in [3.05, 3.63) is 60.2 Å². The molecule has 1 aliphatic rings. The number of carbonyl (C=O) groups excluding carboxylic acids is 1. The first-order chi connectivity index (χ1) is 11.2. The number of rotatable bonds is 2. The van der Waals surface area contributed by atoms with Gasteiger partial charge in [-0.2, -0.15) is 10.1 Å². The number of anilines is 1. The van der Waals surface area contributed by atoms with Crippen LogP contribution in [0.1, 0.15) is 5.56 Å². The minimum atomic E-state index is -0.210. The number of aryl methyl sites for hydroxylation is 1. The molecule has 1 amide bonds. The lowest BCUT2D eigenvalue weighted by Crippen LogP contribution is -2.22. The van der Waals surface area contributed by atoms with Gasteiger partial charge in [0.25, 0.3) is 5.91 Å². The van der Waals surface area contributed by atoms with E-state index in [1.807, 2.05) is 48.2 Å². The zero-order valence-electron chi connectivity index (χ0n) is 12.4. The molecule has 0 saturated carbocycles. The van der Waals surface area contributed by atoms with Gasteiger partial charge in [0.1, 0.15) is 0 Å². The van der Waals surface area contributed by atoms with Gasteiger partial charge in [0.05, 0.1) is 18.0 Å². The van der Waals surface area contributed by atoms with Crippen molar-refractivity contribution in [2.75, 3.05) is 5.01 Å². The smallest absolute Gasteiger partial charge is 0.281 e. The Labute approximate surface area is 132 Å². The number of para-hydroxylation sites is 1. The molecule has 4 rings (SSSR count). The van der Waals surface area contributed by atoms with Gasteiger partial charge in [-0.25, -0.2) is 4.98 Å². The third kappa shape index (κ3) is 2.20. The van der Waals surface area contributed by atoms with E-state index in [1.165, 1.54) is 17.4 Å². The van der Waals surface area contributed by atoms with Crippen LogP contribution in [0.5, 0.6) is 0 Å². The second-order valence-corrected chi connectivity index (χ2v) is 5.24. The van der Waals surface area contributed by atoms with Crippen molar-refractivity contribution in [3.63, 3.8) is 0 Å². The van der Waals surface area contributed by atoms with Crippen LogP contribution in [-0.4, -0.2) is 26.7 Å². The maximum absolute atomic E-state index is 12.5. The van der Waals surface area contributed by atoms with E-state index in [4.69, 9.17) is 0 Å². The highest BCUT2D eigenvalue weighted by molar-refractivity contribution is 6.25. The molecule has 0 radical (unpaired) electrons. The van der Waals surface area contributed by atoms with E-state index in [1.54, 1.807) is 12.4 Å². The summed E-state index contributed by atoms with van der Waals surface area (Å²) in [7, 11) is 1.99. The molecule has 0 N–H and O–H groups in total. The molecule has 2 aromatic heterocycles. The Morgan fingerprint density at radius 2 is 2.04 bits per heavy atom. The molecule has 1 aromatic carbocycles. The van der Waals surface area contributed by atoms with Crippen molar-refractivity contribution in [2.45, 2.75) is 0 Å². The first-order valence-electron chi connectivity index (χ1n) is 7.14. The van der Waals surface area contributed by atoms with E-state index in [9.17, 15) is 4.79 Å². The van der Waals surface area contributed by atoms with E-state index in [0.717, 1.165) is 16.5 Å². The van der Waals surface area contributed by atoms with Crippen molar-refractivity contribution in [1.82, 2.24) is 14.5 Å². The molecular weight excluding hydrogens is 290 g/mol. The Morgan fingerprint density at radius 3 is 2.87 bits per heavy atom. The Bertz CT molecular complexity index is 956. The van der Waals surface area contributed by atoms with Crippen LogP contribution in [0.2, 0.25) is 0 Å². The number of hydrogen-bond donors (Lipinski definition) is 0. The molecule has 23 heavy (non-hydrogen) atoms. The van der Waals surface area contributed by atoms with Crippen LogP contribution in [0.4, 0.5) is 5.82 Å². The van der Waals surface area contributed by atoms with Crippen LogP contribution in [0, 0.1) is 0 Å². The van der Waals surface area contributed by atoms with Crippen LogP contribution < -0.4 is 5.01 Å². The number of nitrogens with zero attached hydrogens (tertiary/aromatic N) is 5. The van der Waals surface area contributed by atoms with Crippen molar-refractivity contribution in [3.8, 4) is 0 Å². The molecule has 0 aliphatic carbocycles. The Morgan fingerprint density at radius 1 is 1.17 bits per heavy atom. The molecule has 112 valence electrons. The molecule has 0 atom stereocenters. The first-order valence-corrected chi connectivity index (χ1v) is 7.14. The highest BCUT2D eigenvalue weighted by Crippen LogP contribution is 2.24. The molecular formula is C17H13N5O. The largest absolute Gasteiger partial charge is 0.350 e. The van der Waals surface area contributed by atoms with Crippen LogP contribution in [-0.2, 0) is 11.8 Å². The minimum Gasteiger partial charge on any atom is -0.350 e. The average molecular weight is 303 g/mol. The standard InChI is InChI=1S/C17H13N5O/c1-21-11-13(14-4-2-3-5-15(14)21)8-12-9-20-22(17(12)23)16-10-18-6-7-19-16/h2-11H,1H3. The van der Waals surface area contributed by atoms with Crippen LogP contribution >= 0.6 is 0 Å². The van der Waals surface area contributed by atoms with Gasteiger partial charge in [0.15, 0.2) is 5.82 Å². The SMILES string of the molecule is Cn1cc(C=C2C=NN(c3cnccn3)C2=O)c2ccccc21. The van der Waals surface area contributed by atoms with Crippen LogP contribution in [0.15, 0.2) is 59.7 Å². The lowest BCUT2D eigenvalue weighted by Gasteiger charge is -2.08. The molecule has 6 heteroatoms. The Balaban J connectivity index is 1.73. The lowest BCUT2D eigenvalue weighted by atomic mass is 10.1. The van der Waals surface area contributed by atoms with Gasteiger partial charge in [0, 0.05) is 42.1 Å². The fourth-order valence-electron chi connectivity index (χ4n) is 2.67. The van der Waals surface area contributed by atoms with Gasteiger partial charge in [-0.05, 0) is 12.1 Å². The molecule has 0 unspecified atom stereocenters. The summed E-state index contributed by atoms with van der Waals surface area (Å²) in [6.45, 7) is 0. The lowest BCUT2D eigenvalue weighted by molar-refractivity contribution is -0.114. The van der Waals surface area contributed by atoms with E-state index in [0.29, 0.717) is 11.4 Å². The average Bonchev–Trinajstić information content (AvgIpc) is 3.10. The molecule has 0 bridgehead atoms. The third-order valence-electron chi connectivity index (χ3n) is 3.76. The fraction of sp³-hybridized carbons (Fsp3) is 0.0588. The molecule has 1 aliphatic heterocycles. The number of amides is 1. The van der Waals surface area contributed by atoms with Gasteiger partial charge in [-0.1, -0.05) is 18.2 Å². The van der Waals surface area contributed by atoms with Crippen LogP contribution in [0.25, 0.3) is 17.0 Å². The fourth-order valence-corrected chi connectivity index (χ4v) is 2.67. The summed E-state index contributed by atoms with van der Waals surface area (Å²) < 4.78 is 2.04. The van der Waals surface area contributed by atoms with Crippen molar-refractivity contribution in [1.29, 1.82) is 0 Å².